The van der Waals surface area contributed by atoms with Gasteiger partial charge in [0.05, 0.1) is 10.6 Å². The van der Waals surface area contributed by atoms with Crippen LogP contribution in [0.25, 0.3) is 0 Å². The summed E-state index contributed by atoms with van der Waals surface area (Å²) in [6.07, 6.45) is 0. The lowest BCUT2D eigenvalue weighted by molar-refractivity contribution is -0.111. The van der Waals surface area contributed by atoms with E-state index in [9.17, 15) is 14.0 Å². The molecule has 0 heterocycles. The Bertz CT molecular complexity index is 662. The number of alkyl halides is 1. The quantitative estimate of drug-likeness (QED) is 0.513. The fraction of sp³-hybridized carbons (Fsp3) is 0.0667. The van der Waals surface area contributed by atoms with Crippen molar-refractivity contribution in [3.8, 4) is 0 Å². The van der Waals surface area contributed by atoms with Gasteiger partial charge in [-0.05, 0) is 47.0 Å². The van der Waals surface area contributed by atoms with Gasteiger partial charge in [0, 0.05) is 0 Å². The van der Waals surface area contributed by atoms with E-state index in [-0.39, 0.29) is 10.6 Å². The lowest BCUT2D eigenvalue weighted by atomic mass is 10.2. The van der Waals surface area contributed by atoms with Gasteiger partial charge in [0.15, 0.2) is 0 Å². The van der Waals surface area contributed by atoms with Gasteiger partial charge in [-0.2, -0.15) is 0 Å². The maximum atomic E-state index is 12.4. The van der Waals surface area contributed by atoms with Crippen LogP contribution in [-0.4, -0.2) is 10.5 Å². The molecule has 2 aromatic rings. The maximum Gasteiger partial charge on any atom is 0.253 e. The van der Waals surface area contributed by atoms with E-state index >= 15 is 0 Å². The molecular weight excluding hydrogens is 373 g/mol. The van der Waals surface area contributed by atoms with E-state index < -0.39 is 21.7 Å². The van der Waals surface area contributed by atoms with E-state index in [1.54, 1.807) is 12.1 Å². The Kier molecular flexibility index (Phi) is 7.83. The van der Waals surface area contributed by atoms with Gasteiger partial charge in [-0.25, -0.2) is 4.39 Å². The van der Waals surface area contributed by atoms with Crippen LogP contribution in [0.2, 0.25) is 5.02 Å². The Balaban J connectivity index is 0.000000220. The van der Waals surface area contributed by atoms with Crippen LogP contribution in [-0.2, 0) is 4.79 Å². The molecule has 2 rings (SSSR count). The molecule has 0 fully saturated rings. The smallest absolute Gasteiger partial charge is 0.253 e. The van der Waals surface area contributed by atoms with Crippen LogP contribution >= 0.6 is 46.4 Å². The molecule has 2 aromatic carbocycles. The second kappa shape index (κ2) is 9.11. The Morgan fingerprint density at radius 2 is 1.59 bits per heavy atom. The molecule has 0 spiro atoms. The van der Waals surface area contributed by atoms with Crippen LogP contribution in [0.15, 0.2) is 48.5 Å². The van der Waals surface area contributed by atoms with Gasteiger partial charge in [0.25, 0.3) is 5.24 Å². The minimum absolute atomic E-state index is 0.0324. The molecule has 0 aromatic heterocycles. The molecule has 0 N–H and O–H groups in total. The zero-order valence-corrected chi connectivity index (χ0v) is 13.9. The second-order valence-corrected chi connectivity index (χ2v) is 5.53. The normalized spacial score (nSPS) is 11.1. The Morgan fingerprint density at radius 3 is 2.05 bits per heavy atom. The van der Waals surface area contributed by atoms with E-state index in [0.717, 1.165) is 17.7 Å². The Labute approximate surface area is 146 Å². The third-order valence-electron chi connectivity index (χ3n) is 2.43. The zero-order chi connectivity index (χ0) is 16.7. The Morgan fingerprint density at radius 1 is 1.00 bits per heavy atom. The third kappa shape index (κ3) is 5.93. The monoisotopic (exact) mass is 380 g/mol. The van der Waals surface area contributed by atoms with E-state index in [1.807, 2.05) is 18.2 Å². The first-order chi connectivity index (χ1) is 10.3. The molecule has 0 amide bonds. The highest BCUT2D eigenvalue weighted by atomic mass is 35.5. The van der Waals surface area contributed by atoms with E-state index in [0.29, 0.717) is 0 Å². The average molecular weight is 382 g/mol. The van der Waals surface area contributed by atoms with Gasteiger partial charge in [-0.15, -0.1) is 11.6 Å². The van der Waals surface area contributed by atoms with Crippen molar-refractivity contribution >= 4 is 56.9 Å². The fourth-order valence-electron chi connectivity index (χ4n) is 1.40. The number of hydrogen-bond donors (Lipinski definition) is 0. The molecule has 0 saturated carbocycles. The number of carbonyl (C=O) groups is 2. The van der Waals surface area contributed by atoms with Crippen LogP contribution in [0.3, 0.4) is 0 Å². The molecule has 0 radical (unpaired) electrons. The summed E-state index contributed by atoms with van der Waals surface area (Å²) in [7, 11) is 0. The van der Waals surface area contributed by atoms with E-state index in [2.05, 4.69) is 0 Å². The van der Waals surface area contributed by atoms with Gasteiger partial charge in [0.2, 0.25) is 5.24 Å². The van der Waals surface area contributed by atoms with Crippen molar-refractivity contribution in [1.82, 2.24) is 0 Å². The highest BCUT2D eigenvalue weighted by Crippen LogP contribution is 2.22. The van der Waals surface area contributed by atoms with Crippen molar-refractivity contribution in [1.29, 1.82) is 0 Å². The van der Waals surface area contributed by atoms with Gasteiger partial charge < -0.3 is 0 Å². The van der Waals surface area contributed by atoms with Crippen molar-refractivity contribution in [2.45, 2.75) is 5.38 Å². The zero-order valence-electron chi connectivity index (χ0n) is 10.9. The minimum Gasteiger partial charge on any atom is -0.279 e. The van der Waals surface area contributed by atoms with Crippen LogP contribution in [0.5, 0.6) is 0 Å². The molecule has 0 saturated heterocycles. The minimum atomic E-state index is -0.724. The average Bonchev–Trinajstić information content (AvgIpc) is 2.47. The summed E-state index contributed by atoms with van der Waals surface area (Å²) >= 11 is 21.4. The first kappa shape index (κ1) is 18.9. The molecule has 0 aliphatic rings. The summed E-state index contributed by atoms with van der Waals surface area (Å²) in [5, 5.41) is -1.92. The summed E-state index contributed by atoms with van der Waals surface area (Å²) in [6, 6.07) is 12.4. The first-order valence-corrected chi connectivity index (χ1v) is 7.43. The van der Waals surface area contributed by atoms with Crippen LogP contribution in [0.1, 0.15) is 21.3 Å². The van der Waals surface area contributed by atoms with Crippen molar-refractivity contribution in [3.05, 3.63) is 70.5 Å². The van der Waals surface area contributed by atoms with Gasteiger partial charge in [-0.1, -0.05) is 41.9 Å². The summed E-state index contributed by atoms with van der Waals surface area (Å²) in [5.41, 5.74) is 0.851. The second-order valence-electron chi connectivity index (χ2n) is 3.98. The van der Waals surface area contributed by atoms with Crippen molar-refractivity contribution < 1.29 is 14.0 Å². The fourth-order valence-corrected chi connectivity index (χ4v) is 2.14. The van der Waals surface area contributed by atoms with Crippen LogP contribution < -0.4 is 0 Å². The number of hydrogen-bond acceptors (Lipinski definition) is 2. The Hall–Kier alpha value is -1.13. The molecule has 7 heteroatoms. The molecule has 1 atom stereocenters. The van der Waals surface area contributed by atoms with Gasteiger partial charge >= 0.3 is 0 Å². The summed E-state index contributed by atoms with van der Waals surface area (Å²) in [6.45, 7) is 0. The molecule has 2 nitrogen and oxygen atoms in total. The van der Waals surface area contributed by atoms with E-state index in [4.69, 9.17) is 46.4 Å². The number of carbonyl (C=O) groups excluding carboxylic acids is 2. The highest BCUT2D eigenvalue weighted by Gasteiger charge is 2.13. The summed E-state index contributed by atoms with van der Waals surface area (Å²) < 4.78 is 12.4. The van der Waals surface area contributed by atoms with Crippen molar-refractivity contribution in [2.75, 3.05) is 0 Å². The summed E-state index contributed by atoms with van der Waals surface area (Å²) in [4.78, 5) is 21.1. The van der Waals surface area contributed by atoms with Crippen LogP contribution in [0, 0.1) is 5.82 Å². The number of halogens is 5. The predicted octanol–water partition coefficient (Wildman–Crippen LogP) is 5.59. The lowest BCUT2D eigenvalue weighted by Gasteiger charge is -2.01. The predicted molar refractivity (Wildman–Crippen MR) is 87.5 cm³/mol. The molecule has 22 heavy (non-hydrogen) atoms. The lowest BCUT2D eigenvalue weighted by Crippen LogP contribution is -1.97. The van der Waals surface area contributed by atoms with Crippen molar-refractivity contribution in [2.24, 2.45) is 0 Å². The van der Waals surface area contributed by atoms with Gasteiger partial charge in [-0.3, -0.25) is 9.59 Å². The topological polar surface area (TPSA) is 34.1 Å². The maximum absolute atomic E-state index is 12.4. The first-order valence-electron chi connectivity index (χ1n) is 5.86. The summed E-state index contributed by atoms with van der Waals surface area (Å²) in [5.74, 6) is -0.489. The number of rotatable bonds is 3. The largest absolute Gasteiger partial charge is 0.279 e. The molecule has 0 aliphatic carbocycles. The highest BCUT2D eigenvalue weighted by molar-refractivity contribution is 6.69. The number of benzene rings is 2. The molecule has 0 aliphatic heterocycles. The SMILES string of the molecule is O=C(Cl)C(Cl)c1ccccc1.O=C(Cl)c1ccc(F)cc1Cl. The van der Waals surface area contributed by atoms with Crippen LogP contribution in [0.4, 0.5) is 4.39 Å². The molecule has 0 bridgehead atoms. The van der Waals surface area contributed by atoms with Crippen molar-refractivity contribution in [3.63, 3.8) is 0 Å². The molecular formula is C15H9Cl4FO2. The van der Waals surface area contributed by atoms with Gasteiger partial charge in [0.1, 0.15) is 11.2 Å². The molecule has 116 valence electrons. The van der Waals surface area contributed by atoms with E-state index in [1.165, 1.54) is 6.07 Å². The third-order valence-corrected chi connectivity index (χ3v) is 3.73. The standard InChI is InChI=1S/C8H6Cl2O.C7H3Cl2FO/c9-7(8(10)11)6-4-2-1-3-5-6;8-6-3-4(10)1-2-5(6)7(9)11/h1-5,7H;1-3H. The molecule has 1 unspecified atom stereocenters.